The second-order valence-corrected chi connectivity index (χ2v) is 8.72. The molecular weight excluding hydrogens is 416 g/mol. The summed E-state index contributed by atoms with van der Waals surface area (Å²) in [5.41, 5.74) is 4.89. The number of ether oxygens (including phenoxy) is 1. The first-order valence-electron chi connectivity index (χ1n) is 11.2. The molecule has 2 N–H and O–H groups in total. The van der Waals surface area contributed by atoms with Crippen molar-refractivity contribution in [3.8, 4) is 5.75 Å². The number of hydrogen-bond acceptors (Lipinski definition) is 4. The predicted octanol–water partition coefficient (Wildman–Crippen LogP) is 4.96. The molecule has 170 valence electrons. The van der Waals surface area contributed by atoms with Crippen LogP contribution in [0.25, 0.3) is 10.9 Å². The van der Waals surface area contributed by atoms with E-state index < -0.39 is 5.97 Å². The molecule has 0 aliphatic carbocycles. The third kappa shape index (κ3) is 4.00. The maximum atomic E-state index is 11.4. The summed E-state index contributed by atoms with van der Waals surface area (Å²) < 4.78 is 7.84. The van der Waals surface area contributed by atoms with Gasteiger partial charge in [-0.1, -0.05) is 12.1 Å². The molecule has 33 heavy (non-hydrogen) atoms. The Labute approximate surface area is 192 Å². The van der Waals surface area contributed by atoms with Gasteiger partial charge in [0.1, 0.15) is 5.75 Å². The molecule has 1 aliphatic rings. The molecule has 1 aliphatic heterocycles. The third-order valence-electron chi connectivity index (χ3n) is 6.82. The standard InChI is InChI=1S/C26H28N4O3/c1-17-14-24(33-2)22(21-8-11-27-25(17)21)16-29-13-9-20(30-12-3-10-28-30)15-23(29)18-4-6-19(7-5-18)26(31)32/h3-8,10-12,14,20,23,27H,9,13,15-16H2,1-2H3,(H,31,32)/t20-,23?/m0/s1. The quantitative estimate of drug-likeness (QED) is 0.439. The van der Waals surface area contributed by atoms with Gasteiger partial charge in [-0.2, -0.15) is 5.10 Å². The largest absolute Gasteiger partial charge is 0.496 e. The molecule has 4 aromatic rings. The molecule has 3 heterocycles. The van der Waals surface area contributed by atoms with Crippen LogP contribution >= 0.6 is 0 Å². The van der Waals surface area contributed by atoms with E-state index in [2.05, 4.69) is 34.0 Å². The zero-order chi connectivity index (χ0) is 22.9. The van der Waals surface area contributed by atoms with Gasteiger partial charge in [-0.25, -0.2) is 4.79 Å². The lowest BCUT2D eigenvalue weighted by molar-refractivity contribution is 0.0696. The van der Waals surface area contributed by atoms with Crippen molar-refractivity contribution in [3.63, 3.8) is 0 Å². The lowest BCUT2D eigenvalue weighted by Gasteiger charge is -2.40. The molecule has 2 aromatic carbocycles. The van der Waals surface area contributed by atoms with Crippen molar-refractivity contribution in [2.24, 2.45) is 0 Å². The first-order valence-corrected chi connectivity index (χ1v) is 11.2. The first-order chi connectivity index (χ1) is 16.0. The minimum absolute atomic E-state index is 0.135. The number of fused-ring (bicyclic) bond motifs is 1. The van der Waals surface area contributed by atoms with Gasteiger partial charge in [0.05, 0.1) is 18.7 Å². The van der Waals surface area contributed by atoms with Crippen molar-refractivity contribution in [2.45, 2.75) is 38.4 Å². The number of benzene rings is 2. The van der Waals surface area contributed by atoms with Gasteiger partial charge in [0.15, 0.2) is 0 Å². The molecule has 0 saturated carbocycles. The molecule has 1 fully saturated rings. The predicted molar refractivity (Wildman–Crippen MR) is 127 cm³/mol. The van der Waals surface area contributed by atoms with E-state index in [9.17, 15) is 9.90 Å². The van der Waals surface area contributed by atoms with Gasteiger partial charge in [0.2, 0.25) is 0 Å². The van der Waals surface area contributed by atoms with Crippen LogP contribution in [0.2, 0.25) is 0 Å². The number of hydrogen-bond donors (Lipinski definition) is 2. The molecule has 0 bridgehead atoms. The van der Waals surface area contributed by atoms with Gasteiger partial charge in [-0.3, -0.25) is 9.58 Å². The number of rotatable bonds is 6. The van der Waals surface area contributed by atoms with Crippen LogP contribution in [0.1, 0.15) is 52.0 Å². The summed E-state index contributed by atoms with van der Waals surface area (Å²) in [7, 11) is 1.73. The second kappa shape index (κ2) is 8.75. The normalized spacial score (nSPS) is 19.1. The van der Waals surface area contributed by atoms with Crippen LogP contribution in [-0.2, 0) is 6.54 Å². The number of likely N-dealkylation sites (tertiary alicyclic amines) is 1. The number of carboxylic acid groups (broad SMARTS) is 1. The van der Waals surface area contributed by atoms with Gasteiger partial charge in [0.25, 0.3) is 0 Å². The molecule has 0 radical (unpaired) electrons. The smallest absolute Gasteiger partial charge is 0.335 e. The Morgan fingerprint density at radius 3 is 2.79 bits per heavy atom. The van der Waals surface area contributed by atoms with Crippen LogP contribution < -0.4 is 4.74 Å². The lowest BCUT2D eigenvalue weighted by atomic mass is 9.90. The number of nitrogens with zero attached hydrogens (tertiary/aromatic N) is 3. The lowest BCUT2D eigenvalue weighted by Crippen LogP contribution is -2.37. The van der Waals surface area contributed by atoms with Crippen molar-refractivity contribution < 1.29 is 14.6 Å². The Balaban J connectivity index is 1.51. The van der Waals surface area contributed by atoms with Gasteiger partial charge >= 0.3 is 5.97 Å². The maximum Gasteiger partial charge on any atom is 0.335 e. The fourth-order valence-electron chi connectivity index (χ4n) is 5.10. The Bertz CT molecular complexity index is 1260. The van der Waals surface area contributed by atoms with Gasteiger partial charge in [-0.05, 0) is 61.2 Å². The fraction of sp³-hybridized carbons (Fsp3) is 0.308. The number of aryl methyl sites for hydroxylation is 1. The van der Waals surface area contributed by atoms with E-state index in [1.807, 2.05) is 41.5 Å². The first kappa shape index (κ1) is 21.3. The molecule has 2 aromatic heterocycles. The van der Waals surface area contributed by atoms with Crippen LogP contribution in [0, 0.1) is 6.92 Å². The number of H-pyrrole nitrogens is 1. The van der Waals surface area contributed by atoms with Crippen LogP contribution in [0.3, 0.4) is 0 Å². The molecule has 0 spiro atoms. The number of nitrogens with one attached hydrogen (secondary N) is 1. The van der Waals surface area contributed by atoms with E-state index in [-0.39, 0.29) is 6.04 Å². The second-order valence-electron chi connectivity index (χ2n) is 8.72. The number of aromatic carboxylic acids is 1. The average molecular weight is 445 g/mol. The Morgan fingerprint density at radius 2 is 2.09 bits per heavy atom. The van der Waals surface area contributed by atoms with E-state index in [1.54, 1.807) is 19.2 Å². The van der Waals surface area contributed by atoms with Gasteiger partial charge < -0.3 is 14.8 Å². The van der Waals surface area contributed by atoms with Gasteiger partial charge in [0, 0.05) is 54.2 Å². The number of aromatic amines is 1. The number of carbonyl (C=O) groups is 1. The van der Waals surface area contributed by atoms with Crippen molar-refractivity contribution >= 4 is 16.9 Å². The zero-order valence-corrected chi connectivity index (χ0v) is 18.9. The molecular formula is C26H28N4O3. The molecule has 0 amide bonds. The summed E-state index contributed by atoms with van der Waals surface area (Å²) in [4.78, 5) is 17.2. The van der Waals surface area contributed by atoms with Crippen molar-refractivity contribution in [3.05, 3.63) is 83.3 Å². The topological polar surface area (TPSA) is 83.4 Å². The third-order valence-corrected chi connectivity index (χ3v) is 6.82. The van der Waals surface area contributed by atoms with Crippen molar-refractivity contribution in [1.82, 2.24) is 19.7 Å². The molecule has 5 rings (SSSR count). The number of aromatic nitrogens is 3. The highest BCUT2D eigenvalue weighted by molar-refractivity contribution is 5.88. The van der Waals surface area contributed by atoms with E-state index >= 15 is 0 Å². The summed E-state index contributed by atoms with van der Waals surface area (Å²) in [6, 6.07) is 13.9. The number of carboxylic acids is 1. The Morgan fingerprint density at radius 1 is 1.27 bits per heavy atom. The fourth-order valence-corrected chi connectivity index (χ4v) is 5.10. The summed E-state index contributed by atoms with van der Waals surface area (Å²) in [6.45, 7) is 3.74. The highest BCUT2D eigenvalue weighted by atomic mass is 16.5. The average Bonchev–Trinajstić information content (AvgIpc) is 3.54. The van der Waals surface area contributed by atoms with Gasteiger partial charge in [-0.15, -0.1) is 0 Å². The van der Waals surface area contributed by atoms with Crippen LogP contribution in [-0.4, -0.2) is 44.4 Å². The Kier molecular flexibility index (Phi) is 5.64. The van der Waals surface area contributed by atoms with Crippen molar-refractivity contribution in [2.75, 3.05) is 13.7 Å². The van der Waals surface area contributed by atoms with E-state index in [4.69, 9.17) is 4.74 Å². The minimum Gasteiger partial charge on any atom is -0.496 e. The summed E-state index contributed by atoms with van der Waals surface area (Å²) >= 11 is 0. The number of methoxy groups -OCH3 is 1. The monoisotopic (exact) mass is 444 g/mol. The summed E-state index contributed by atoms with van der Waals surface area (Å²) in [5, 5.41) is 15.0. The van der Waals surface area contributed by atoms with Crippen LogP contribution in [0.5, 0.6) is 5.75 Å². The highest BCUT2D eigenvalue weighted by Crippen LogP contribution is 2.40. The summed E-state index contributed by atoms with van der Waals surface area (Å²) in [6.07, 6.45) is 7.72. The number of piperidine rings is 1. The zero-order valence-electron chi connectivity index (χ0n) is 18.9. The van der Waals surface area contributed by atoms with Crippen LogP contribution in [0.15, 0.2) is 61.1 Å². The molecule has 7 heteroatoms. The van der Waals surface area contributed by atoms with E-state index in [0.717, 1.165) is 48.3 Å². The Hall–Kier alpha value is -3.58. The minimum atomic E-state index is -0.907. The highest BCUT2D eigenvalue weighted by Gasteiger charge is 2.32. The van der Waals surface area contributed by atoms with Crippen LogP contribution in [0.4, 0.5) is 0 Å². The van der Waals surface area contributed by atoms with E-state index in [0.29, 0.717) is 11.6 Å². The summed E-state index contributed by atoms with van der Waals surface area (Å²) in [5.74, 6) is -0.00974. The molecule has 7 nitrogen and oxygen atoms in total. The maximum absolute atomic E-state index is 11.4. The van der Waals surface area contributed by atoms with E-state index in [1.165, 1.54) is 10.9 Å². The van der Waals surface area contributed by atoms with Crippen molar-refractivity contribution in [1.29, 1.82) is 0 Å². The molecule has 2 atom stereocenters. The SMILES string of the molecule is COc1cc(C)c2[nH]ccc2c1CN1CC[C@H](n2cccn2)CC1c1ccc(C(=O)O)cc1. The molecule has 1 unspecified atom stereocenters. The molecule has 1 saturated heterocycles.